The quantitative estimate of drug-likeness (QED) is 0.695. The van der Waals surface area contributed by atoms with Crippen LogP contribution >= 0.6 is 0 Å². The van der Waals surface area contributed by atoms with Gasteiger partial charge in [-0.25, -0.2) is 0 Å². The average molecular weight is 195 g/mol. The molecule has 2 atom stereocenters. The lowest BCUT2D eigenvalue weighted by atomic mass is 9.97. The first kappa shape index (κ1) is 10.2. The zero-order chi connectivity index (χ0) is 9.80. The van der Waals surface area contributed by atoms with E-state index < -0.39 is 0 Å². The van der Waals surface area contributed by atoms with Crippen molar-refractivity contribution in [3.8, 4) is 0 Å². The van der Waals surface area contributed by atoms with Crippen molar-refractivity contribution in [2.24, 2.45) is 11.8 Å². The van der Waals surface area contributed by atoms with Crippen LogP contribution in [0.25, 0.3) is 0 Å². The number of nitrogens with one attached hydrogen (secondary N) is 1. The van der Waals surface area contributed by atoms with Gasteiger partial charge in [-0.1, -0.05) is 19.1 Å². The highest BCUT2D eigenvalue weighted by Crippen LogP contribution is 2.19. The van der Waals surface area contributed by atoms with Crippen LogP contribution in [0.4, 0.5) is 0 Å². The van der Waals surface area contributed by atoms with Gasteiger partial charge in [0.1, 0.15) is 0 Å². The summed E-state index contributed by atoms with van der Waals surface area (Å²) in [5.41, 5.74) is 0. The van der Waals surface area contributed by atoms with E-state index in [2.05, 4.69) is 24.4 Å². The van der Waals surface area contributed by atoms with E-state index in [1.807, 2.05) is 0 Å². The van der Waals surface area contributed by atoms with Gasteiger partial charge in [-0.2, -0.15) is 0 Å². The van der Waals surface area contributed by atoms with Crippen LogP contribution in [0.1, 0.15) is 26.2 Å². The third kappa shape index (κ3) is 2.58. The van der Waals surface area contributed by atoms with Crippen LogP contribution in [0.5, 0.6) is 0 Å². The Bertz CT molecular complexity index is 194. The van der Waals surface area contributed by atoms with Crippen molar-refractivity contribution in [2.45, 2.75) is 32.2 Å². The highest BCUT2D eigenvalue weighted by Gasteiger charge is 2.22. The standard InChI is InChI=1S/C12H21NO/c1-10-9-14-7-6-12(10)13-8-11-4-2-3-5-11/h2-3,10-13H,4-9H2,1H3. The maximum Gasteiger partial charge on any atom is 0.0506 e. The van der Waals surface area contributed by atoms with Crippen LogP contribution in [0.15, 0.2) is 12.2 Å². The molecule has 2 unspecified atom stereocenters. The summed E-state index contributed by atoms with van der Waals surface area (Å²) in [5, 5.41) is 3.69. The van der Waals surface area contributed by atoms with Crippen molar-refractivity contribution < 1.29 is 4.74 Å². The second kappa shape index (κ2) is 4.94. The summed E-state index contributed by atoms with van der Waals surface area (Å²) in [6, 6.07) is 0.685. The third-order valence-electron chi connectivity index (χ3n) is 3.42. The maximum absolute atomic E-state index is 5.43. The molecule has 14 heavy (non-hydrogen) atoms. The molecule has 0 radical (unpaired) electrons. The first-order chi connectivity index (χ1) is 6.86. The summed E-state index contributed by atoms with van der Waals surface area (Å²) < 4.78 is 5.43. The fourth-order valence-electron chi connectivity index (χ4n) is 2.34. The SMILES string of the molecule is CC1COCCC1NCC1CC=CC1. The molecule has 2 aliphatic rings. The molecule has 0 bridgehead atoms. The molecular formula is C12H21NO. The van der Waals surface area contributed by atoms with Gasteiger partial charge in [0.15, 0.2) is 0 Å². The van der Waals surface area contributed by atoms with Crippen molar-refractivity contribution in [3.05, 3.63) is 12.2 Å². The largest absolute Gasteiger partial charge is 0.381 e. The fourth-order valence-corrected chi connectivity index (χ4v) is 2.34. The predicted octanol–water partition coefficient (Wildman–Crippen LogP) is 1.97. The molecule has 0 aromatic carbocycles. The van der Waals surface area contributed by atoms with Gasteiger partial charge in [-0.05, 0) is 37.6 Å². The van der Waals surface area contributed by atoms with E-state index in [0.29, 0.717) is 12.0 Å². The van der Waals surface area contributed by atoms with Crippen molar-refractivity contribution in [2.75, 3.05) is 19.8 Å². The number of allylic oxidation sites excluding steroid dienone is 2. The Morgan fingerprint density at radius 3 is 2.86 bits per heavy atom. The number of rotatable bonds is 3. The molecule has 2 rings (SSSR count). The highest BCUT2D eigenvalue weighted by molar-refractivity contribution is 4.95. The van der Waals surface area contributed by atoms with Gasteiger partial charge >= 0.3 is 0 Å². The van der Waals surface area contributed by atoms with E-state index in [0.717, 1.165) is 19.1 Å². The van der Waals surface area contributed by atoms with E-state index >= 15 is 0 Å². The molecule has 1 aliphatic heterocycles. The molecule has 2 nitrogen and oxygen atoms in total. The van der Waals surface area contributed by atoms with Crippen molar-refractivity contribution in [3.63, 3.8) is 0 Å². The Labute approximate surface area is 86.7 Å². The van der Waals surface area contributed by atoms with Crippen LogP contribution in [0.2, 0.25) is 0 Å². The van der Waals surface area contributed by atoms with E-state index in [-0.39, 0.29) is 0 Å². The predicted molar refractivity (Wildman–Crippen MR) is 58.3 cm³/mol. The molecule has 0 spiro atoms. The Morgan fingerprint density at radius 1 is 1.36 bits per heavy atom. The van der Waals surface area contributed by atoms with Crippen LogP contribution in [-0.2, 0) is 4.74 Å². The molecular weight excluding hydrogens is 174 g/mol. The van der Waals surface area contributed by atoms with Crippen LogP contribution in [0.3, 0.4) is 0 Å². The van der Waals surface area contributed by atoms with E-state index in [4.69, 9.17) is 4.74 Å². The summed E-state index contributed by atoms with van der Waals surface area (Å²) >= 11 is 0. The summed E-state index contributed by atoms with van der Waals surface area (Å²) in [7, 11) is 0. The van der Waals surface area contributed by atoms with E-state index in [1.54, 1.807) is 0 Å². The molecule has 0 aromatic heterocycles. The van der Waals surface area contributed by atoms with Crippen LogP contribution in [0, 0.1) is 11.8 Å². The first-order valence-electron chi connectivity index (χ1n) is 5.82. The van der Waals surface area contributed by atoms with Gasteiger partial charge in [0.25, 0.3) is 0 Å². The van der Waals surface area contributed by atoms with Gasteiger partial charge in [0.2, 0.25) is 0 Å². The summed E-state index contributed by atoms with van der Waals surface area (Å²) in [4.78, 5) is 0. The monoisotopic (exact) mass is 195 g/mol. The normalized spacial score (nSPS) is 33.8. The van der Waals surface area contributed by atoms with Crippen molar-refractivity contribution in [1.82, 2.24) is 5.32 Å². The van der Waals surface area contributed by atoms with Crippen molar-refractivity contribution in [1.29, 1.82) is 0 Å². The van der Waals surface area contributed by atoms with Gasteiger partial charge in [-0.15, -0.1) is 0 Å². The fraction of sp³-hybridized carbons (Fsp3) is 0.833. The summed E-state index contributed by atoms with van der Waals surface area (Å²) in [5.74, 6) is 1.53. The number of hydrogen-bond acceptors (Lipinski definition) is 2. The van der Waals surface area contributed by atoms with Gasteiger partial charge in [0.05, 0.1) is 6.61 Å². The average Bonchev–Trinajstić information content (AvgIpc) is 2.69. The lowest BCUT2D eigenvalue weighted by molar-refractivity contribution is 0.0382. The number of ether oxygens (including phenoxy) is 1. The zero-order valence-corrected chi connectivity index (χ0v) is 9.04. The maximum atomic E-state index is 5.43. The minimum atomic E-state index is 0.679. The molecule has 2 heteroatoms. The molecule has 80 valence electrons. The number of hydrogen-bond donors (Lipinski definition) is 1. The minimum absolute atomic E-state index is 0.679. The minimum Gasteiger partial charge on any atom is -0.381 e. The Hall–Kier alpha value is -0.340. The Morgan fingerprint density at radius 2 is 2.14 bits per heavy atom. The molecule has 0 amide bonds. The topological polar surface area (TPSA) is 21.3 Å². The van der Waals surface area contributed by atoms with Crippen LogP contribution < -0.4 is 5.32 Å². The molecule has 1 fully saturated rings. The second-order valence-electron chi connectivity index (χ2n) is 4.66. The molecule has 1 aliphatic carbocycles. The van der Waals surface area contributed by atoms with E-state index in [9.17, 15) is 0 Å². The smallest absolute Gasteiger partial charge is 0.0506 e. The van der Waals surface area contributed by atoms with Gasteiger partial charge in [-0.3, -0.25) is 0 Å². The Balaban J connectivity index is 1.68. The second-order valence-corrected chi connectivity index (χ2v) is 4.66. The summed E-state index contributed by atoms with van der Waals surface area (Å²) in [6.07, 6.45) is 8.33. The Kier molecular flexibility index (Phi) is 3.60. The lowest BCUT2D eigenvalue weighted by Gasteiger charge is -2.30. The molecule has 0 saturated carbocycles. The first-order valence-corrected chi connectivity index (χ1v) is 5.82. The van der Waals surface area contributed by atoms with Crippen molar-refractivity contribution >= 4 is 0 Å². The highest BCUT2D eigenvalue weighted by atomic mass is 16.5. The van der Waals surface area contributed by atoms with E-state index in [1.165, 1.54) is 25.8 Å². The molecule has 1 N–H and O–H groups in total. The summed E-state index contributed by atoms with van der Waals surface area (Å²) in [6.45, 7) is 5.33. The lowest BCUT2D eigenvalue weighted by Crippen LogP contribution is -2.43. The van der Waals surface area contributed by atoms with Gasteiger partial charge < -0.3 is 10.1 Å². The molecule has 1 heterocycles. The zero-order valence-electron chi connectivity index (χ0n) is 9.04. The molecule has 0 aromatic rings. The molecule has 1 saturated heterocycles. The van der Waals surface area contributed by atoms with Gasteiger partial charge in [0, 0.05) is 12.6 Å². The third-order valence-corrected chi connectivity index (χ3v) is 3.42. The van der Waals surface area contributed by atoms with Crippen LogP contribution in [-0.4, -0.2) is 25.8 Å².